The minimum Gasteiger partial charge on any atom is -0.356 e. The molecule has 4 rings (SSSR count). The maximum Gasteiger partial charge on any atom is 0.276 e. The molecule has 1 unspecified atom stereocenters. The first-order valence-corrected chi connectivity index (χ1v) is 11.3. The van der Waals surface area contributed by atoms with Gasteiger partial charge < -0.3 is 15.2 Å². The maximum atomic E-state index is 5.32. The molecule has 31 heavy (non-hydrogen) atoms. The molecule has 170 valence electrons. The third kappa shape index (κ3) is 6.86. The summed E-state index contributed by atoms with van der Waals surface area (Å²) in [5.41, 5.74) is 0.696. The van der Waals surface area contributed by atoms with Gasteiger partial charge in [0.1, 0.15) is 5.69 Å². The van der Waals surface area contributed by atoms with E-state index in [0.717, 1.165) is 18.5 Å². The van der Waals surface area contributed by atoms with Crippen LogP contribution < -0.4 is 10.6 Å². The largest absolute Gasteiger partial charge is 0.356 e. The molecule has 1 aliphatic heterocycles. The van der Waals surface area contributed by atoms with Crippen LogP contribution in [0.25, 0.3) is 11.6 Å². The molecule has 0 radical (unpaired) electrons. The van der Waals surface area contributed by atoms with Gasteiger partial charge in [0.2, 0.25) is 0 Å². The zero-order valence-electron chi connectivity index (χ0n) is 18.3. The summed E-state index contributed by atoms with van der Waals surface area (Å²) in [5, 5.41) is 11.1. The van der Waals surface area contributed by atoms with Crippen LogP contribution in [0.1, 0.15) is 50.8 Å². The van der Waals surface area contributed by atoms with Gasteiger partial charge >= 0.3 is 0 Å². The number of nitrogens with one attached hydrogen (secondary N) is 2. The van der Waals surface area contributed by atoms with Crippen molar-refractivity contribution in [2.24, 2.45) is 4.99 Å². The highest BCUT2D eigenvalue weighted by atomic mass is 127. The number of guanidine groups is 1. The molecule has 9 heteroatoms. The molecule has 2 aliphatic rings. The van der Waals surface area contributed by atoms with Gasteiger partial charge in [-0.3, -0.25) is 14.9 Å². The van der Waals surface area contributed by atoms with Gasteiger partial charge in [0.15, 0.2) is 11.8 Å². The summed E-state index contributed by atoms with van der Waals surface area (Å²) < 4.78 is 5.32. The van der Waals surface area contributed by atoms with Crippen LogP contribution in [0.5, 0.6) is 0 Å². The van der Waals surface area contributed by atoms with Crippen molar-refractivity contribution in [1.82, 2.24) is 30.7 Å². The fourth-order valence-electron chi connectivity index (χ4n) is 4.53. The second kappa shape index (κ2) is 12.3. The summed E-state index contributed by atoms with van der Waals surface area (Å²) in [6.07, 6.45) is 11.8. The standard InChI is InChI=1S/C22H33N7O.HI/c1-23-22(26-17-8-7-15-29(16-17)18-9-3-2-4-10-18)25-14-12-20-27-21(30-28-20)19-11-5-6-13-24-19;/h5-6,11,13,17-18H,2-4,7-10,12,14-16H2,1H3,(H2,23,25,26);1H. The minimum absolute atomic E-state index is 0. The van der Waals surface area contributed by atoms with E-state index in [1.807, 2.05) is 25.2 Å². The lowest BCUT2D eigenvalue weighted by atomic mass is 9.92. The predicted octanol–water partition coefficient (Wildman–Crippen LogP) is 3.25. The topological polar surface area (TPSA) is 91.5 Å². The molecule has 0 spiro atoms. The third-order valence-corrected chi connectivity index (χ3v) is 6.10. The van der Waals surface area contributed by atoms with Gasteiger partial charge in [0, 0.05) is 44.8 Å². The Morgan fingerprint density at radius 1 is 1.19 bits per heavy atom. The molecule has 2 fully saturated rings. The Balaban J connectivity index is 0.00000272. The van der Waals surface area contributed by atoms with Gasteiger partial charge in [0.05, 0.1) is 0 Å². The van der Waals surface area contributed by atoms with Gasteiger partial charge in [-0.1, -0.05) is 30.5 Å². The van der Waals surface area contributed by atoms with Crippen molar-refractivity contribution in [2.75, 3.05) is 26.7 Å². The lowest BCUT2D eigenvalue weighted by Crippen LogP contribution is -2.53. The number of rotatable bonds is 6. The first kappa shape index (κ1) is 23.9. The van der Waals surface area contributed by atoms with E-state index in [-0.39, 0.29) is 24.0 Å². The predicted molar refractivity (Wildman–Crippen MR) is 133 cm³/mol. The molecule has 1 atom stereocenters. The fraction of sp³-hybridized carbons (Fsp3) is 0.636. The van der Waals surface area contributed by atoms with E-state index in [1.165, 1.54) is 51.5 Å². The quantitative estimate of drug-likeness (QED) is 0.331. The van der Waals surface area contributed by atoms with E-state index in [4.69, 9.17) is 4.52 Å². The number of halogens is 1. The molecular weight excluding hydrogens is 505 g/mol. The zero-order valence-corrected chi connectivity index (χ0v) is 20.6. The molecule has 1 saturated carbocycles. The Kier molecular flexibility index (Phi) is 9.51. The number of hydrogen-bond donors (Lipinski definition) is 2. The first-order valence-electron chi connectivity index (χ1n) is 11.3. The molecular formula is C22H34IN7O. The number of aliphatic imine (C=N–C) groups is 1. The zero-order chi connectivity index (χ0) is 20.6. The van der Waals surface area contributed by atoms with E-state index < -0.39 is 0 Å². The highest BCUT2D eigenvalue weighted by Crippen LogP contribution is 2.25. The number of aromatic nitrogens is 3. The number of hydrogen-bond acceptors (Lipinski definition) is 6. The average molecular weight is 539 g/mol. The van der Waals surface area contributed by atoms with Crippen molar-refractivity contribution >= 4 is 29.9 Å². The van der Waals surface area contributed by atoms with Gasteiger partial charge in [-0.25, -0.2) is 0 Å². The molecule has 0 bridgehead atoms. The summed E-state index contributed by atoms with van der Waals surface area (Å²) in [7, 11) is 1.82. The van der Waals surface area contributed by atoms with Gasteiger partial charge in [-0.2, -0.15) is 4.98 Å². The van der Waals surface area contributed by atoms with Gasteiger partial charge in [-0.05, 0) is 44.4 Å². The van der Waals surface area contributed by atoms with Crippen molar-refractivity contribution in [2.45, 2.75) is 63.5 Å². The SMILES string of the molecule is CN=C(NCCc1noc(-c2ccccn2)n1)NC1CCCN(C2CCCCC2)C1.I. The Labute approximate surface area is 201 Å². The van der Waals surface area contributed by atoms with Crippen molar-refractivity contribution in [3.63, 3.8) is 0 Å². The molecule has 2 N–H and O–H groups in total. The average Bonchev–Trinajstić information content (AvgIpc) is 3.29. The van der Waals surface area contributed by atoms with E-state index in [1.54, 1.807) is 6.20 Å². The van der Waals surface area contributed by atoms with Gasteiger partial charge in [0.25, 0.3) is 5.89 Å². The summed E-state index contributed by atoms with van der Waals surface area (Å²) in [4.78, 5) is 15.8. The molecule has 1 aliphatic carbocycles. The van der Waals surface area contributed by atoms with Crippen LogP contribution in [0.2, 0.25) is 0 Å². The van der Waals surface area contributed by atoms with Crippen LogP contribution >= 0.6 is 24.0 Å². The Morgan fingerprint density at radius 2 is 2.06 bits per heavy atom. The molecule has 2 aromatic rings. The number of nitrogens with zero attached hydrogens (tertiary/aromatic N) is 5. The monoisotopic (exact) mass is 539 g/mol. The molecule has 0 aromatic carbocycles. The van der Waals surface area contributed by atoms with Crippen molar-refractivity contribution in [1.29, 1.82) is 0 Å². The van der Waals surface area contributed by atoms with E-state index in [9.17, 15) is 0 Å². The molecule has 2 aromatic heterocycles. The molecule has 3 heterocycles. The molecule has 8 nitrogen and oxygen atoms in total. The lowest BCUT2D eigenvalue weighted by molar-refractivity contribution is 0.115. The van der Waals surface area contributed by atoms with Crippen LogP contribution in [0.15, 0.2) is 33.9 Å². The Morgan fingerprint density at radius 3 is 2.84 bits per heavy atom. The van der Waals surface area contributed by atoms with E-state index >= 15 is 0 Å². The Hall–Kier alpha value is -1.75. The first-order chi connectivity index (χ1) is 14.8. The highest BCUT2D eigenvalue weighted by molar-refractivity contribution is 14.0. The normalized spacial score (nSPS) is 20.8. The van der Waals surface area contributed by atoms with Crippen LogP contribution in [-0.4, -0.2) is 64.7 Å². The minimum atomic E-state index is 0. The van der Waals surface area contributed by atoms with Crippen LogP contribution in [0, 0.1) is 0 Å². The maximum absolute atomic E-state index is 5.32. The molecule has 1 saturated heterocycles. The van der Waals surface area contributed by atoms with Crippen molar-refractivity contribution in [3.8, 4) is 11.6 Å². The van der Waals surface area contributed by atoms with Crippen LogP contribution in [0.3, 0.4) is 0 Å². The molecule has 0 amide bonds. The van der Waals surface area contributed by atoms with E-state index in [2.05, 4.69) is 35.7 Å². The fourth-order valence-corrected chi connectivity index (χ4v) is 4.53. The number of likely N-dealkylation sites (tertiary alicyclic amines) is 1. The number of pyridine rings is 1. The van der Waals surface area contributed by atoms with Crippen molar-refractivity contribution in [3.05, 3.63) is 30.2 Å². The Bertz CT molecular complexity index is 807. The number of piperidine rings is 1. The summed E-state index contributed by atoms with van der Waals surface area (Å²) >= 11 is 0. The highest BCUT2D eigenvalue weighted by Gasteiger charge is 2.27. The summed E-state index contributed by atoms with van der Waals surface area (Å²) in [6, 6.07) is 6.87. The summed E-state index contributed by atoms with van der Waals surface area (Å²) in [6.45, 7) is 3.05. The van der Waals surface area contributed by atoms with Crippen LogP contribution in [0.4, 0.5) is 0 Å². The van der Waals surface area contributed by atoms with Crippen molar-refractivity contribution < 1.29 is 4.52 Å². The smallest absolute Gasteiger partial charge is 0.276 e. The van der Waals surface area contributed by atoms with E-state index in [0.29, 0.717) is 36.4 Å². The van der Waals surface area contributed by atoms with Gasteiger partial charge in [-0.15, -0.1) is 24.0 Å². The third-order valence-electron chi connectivity index (χ3n) is 6.10. The lowest BCUT2D eigenvalue weighted by Gasteiger charge is -2.40. The summed E-state index contributed by atoms with van der Waals surface area (Å²) in [5.74, 6) is 1.97. The van der Waals surface area contributed by atoms with Crippen LogP contribution in [-0.2, 0) is 6.42 Å². The second-order valence-corrected chi connectivity index (χ2v) is 8.25. The second-order valence-electron chi connectivity index (χ2n) is 8.25.